The molecule has 3 rings (SSSR count). The minimum atomic E-state index is -1.86. The van der Waals surface area contributed by atoms with Gasteiger partial charge in [0.25, 0.3) is 0 Å². The zero-order valence-electron chi connectivity index (χ0n) is 18.5. The predicted molar refractivity (Wildman–Crippen MR) is 118 cm³/mol. The minimum Gasteiger partial charge on any atom is -0.458 e. The molecule has 1 aliphatic carbocycles. The summed E-state index contributed by atoms with van der Waals surface area (Å²) in [5.41, 5.74) is 1.69. The molecule has 1 fully saturated rings. The Labute approximate surface area is 175 Å². The van der Waals surface area contributed by atoms with Crippen LogP contribution in [-0.2, 0) is 16.2 Å². The van der Waals surface area contributed by atoms with Crippen LogP contribution in [0.1, 0.15) is 62.0 Å². The quantitative estimate of drug-likeness (QED) is 0.492. The Kier molecular flexibility index (Phi) is 6.34. The van der Waals surface area contributed by atoms with E-state index in [4.69, 9.17) is 9.16 Å². The molecule has 0 saturated heterocycles. The van der Waals surface area contributed by atoms with E-state index in [1.807, 2.05) is 42.2 Å². The van der Waals surface area contributed by atoms with Crippen LogP contribution in [-0.4, -0.2) is 36.3 Å². The lowest BCUT2D eigenvalue weighted by atomic mass is 9.82. The van der Waals surface area contributed by atoms with E-state index in [9.17, 15) is 4.79 Å². The average Bonchev–Trinajstić information content (AvgIpc) is 3.08. The molecule has 0 amide bonds. The molecule has 0 bridgehead atoms. The maximum Gasteiger partial charge on any atom is 0.338 e. The lowest BCUT2D eigenvalue weighted by molar-refractivity contribution is -0.00472. The van der Waals surface area contributed by atoms with E-state index in [1.54, 1.807) is 12.1 Å². The van der Waals surface area contributed by atoms with Crippen LogP contribution in [0.2, 0.25) is 18.1 Å². The molecule has 1 saturated carbocycles. The summed E-state index contributed by atoms with van der Waals surface area (Å²) in [6.45, 7) is 11.4. The van der Waals surface area contributed by atoms with Gasteiger partial charge in [0.1, 0.15) is 6.10 Å². The molecule has 1 heterocycles. The molecule has 0 spiro atoms. The van der Waals surface area contributed by atoms with Gasteiger partial charge in [-0.1, -0.05) is 39.0 Å². The Balaban J connectivity index is 1.78. The van der Waals surface area contributed by atoms with Crippen molar-refractivity contribution in [3.8, 4) is 0 Å². The van der Waals surface area contributed by atoms with Gasteiger partial charge in [0.2, 0.25) is 0 Å². The third kappa shape index (κ3) is 4.98. The van der Waals surface area contributed by atoms with Crippen LogP contribution >= 0.6 is 0 Å². The zero-order valence-corrected chi connectivity index (χ0v) is 19.5. The van der Waals surface area contributed by atoms with Crippen LogP contribution in [0.25, 0.3) is 0 Å². The van der Waals surface area contributed by atoms with E-state index >= 15 is 0 Å². The zero-order chi connectivity index (χ0) is 21.2. The standard InChI is InChI=1S/C23H34N2O3Si/c1-23(2,3)29(5,6)28-18-12-13-21(19(16-18)20-14-15-24-25(20)4)27-22(26)17-10-8-7-9-11-17/h7-11,14-15,18-19,21H,12-13,16H2,1-6H3. The van der Waals surface area contributed by atoms with Crippen molar-refractivity contribution in [1.82, 2.24) is 9.78 Å². The topological polar surface area (TPSA) is 53.4 Å². The van der Waals surface area contributed by atoms with Gasteiger partial charge >= 0.3 is 5.97 Å². The van der Waals surface area contributed by atoms with Gasteiger partial charge < -0.3 is 9.16 Å². The van der Waals surface area contributed by atoms with Gasteiger partial charge in [-0.3, -0.25) is 4.68 Å². The van der Waals surface area contributed by atoms with Crippen LogP contribution in [0.15, 0.2) is 42.6 Å². The van der Waals surface area contributed by atoms with Crippen molar-refractivity contribution in [2.45, 2.75) is 76.3 Å². The molecule has 29 heavy (non-hydrogen) atoms. The molecule has 1 aromatic heterocycles. The summed E-state index contributed by atoms with van der Waals surface area (Å²) in [6, 6.07) is 11.3. The smallest absolute Gasteiger partial charge is 0.338 e. The van der Waals surface area contributed by atoms with Gasteiger partial charge in [0, 0.05) is 31.0 Å². The second-order valence-corrected chi connectivity index (χ2v) is 14.4. The fraction of sp³-hybridized carbons (Fsp3) is 0.565. The van der Waals surface area contributed by atoms with Crippen LogP contribution in [0.4, 0.5) is 0 Å². The van der Waals surface area contributed by atoms with Gasteiger partial charge in [-0.25, -0.2) is 4.79 Å². The Hall–Kier alpha value is -1.92. The van der Waals surface area contributed by atoms with Crippen molar-refractivity contribution < 1.29 is 14.0 Å². The van der Waals surface area contributed by atoms with E-state index in [-0.39, 0.29) is 29.1 Å². The molecular weight excluding hydrogens is 380 g/mol. The Bertz CT molecular complexity index is 826. The fourth-order valence-electron chi connectivity index (χ4n) is 3.78. The average molecular weight is 415 g/mol. The van der Waals surface area contributed by atoms with Crippen LogP contribution in [0, 0.1) is 0 Å². The first-order valence-corrected chi connectivity index (χ1v) is 13.4. The first kappa shape index (κ1) is 21.8. The van der Waals surface area contributed by atoms with Gasteiger partial charge in [-0.15, -0.1) is 0 Å². The number of carbonyl (C=O) groups is 1. The number of hydrogen-bond acceptors (Lipinski definition) is 4. The number of carbonyl (C=O) groups excluding carboxylic acids is 1. The number of rotatable bonds is 5. The number of aryl methyl sites for hydroxylation is 1. The summed E-state index contributed by atoms with van der Waals surface area (Å²) in [5, 5.41) is 4.52. The summed E-state index contributed by atoms with van der Waals surface area (Å²) in [5.74, 6) is -0.176. The highest BCUT2D eigenvalue weighted by Crippen LogP contribution is 2.42. The third-order valence-corrected chi connectivity index (χ3v) is 11.0. The van der Waals surface area contributed by atoms with E-state index in [0.29, 0.717) is 5.56 Å². The summed E-state index contributed by atoms with van der Waals surface area (Å²) in [6.07, 6.45) is 4.38. The van der Waals surface area contributed by atoms with Crippen molar-refractivity contribution in [2.24, 2.45) is 7.05 Å². The maximum atomic E-state index is 12.7. The van der Waals surface area contributed by atoms with Gasteiger partial charge in [-0.05, 0) is 55.6 Å². The van der Waals surface area contributed by atoms with Crippen molar-refractivity contribution in [1.29, 1.82) is 0 Å². The summed E-state index contributed by atoms with van der Waals surface area (Å²) >= 11 is 0. The number of esters is 1. The van der Waals surface area contributed by atoms with E-state index in [1.165, 1.54) is 0 Å². The second kappa shape index (κ2) is 8.44. The van der Waals surface area contributed by atoms with Crippen LogP contribution < -0.4 is 0 Å². The summed E-state index contributed by atoms with van der Waals surface area (Å²) in [4.78, 5) is 12.7. The molecule has 158 valence electrons. The number of aromatic nitrogens is 2. The normalized spacial score (nSPS) is 23.0. The molecule has 0 N–H and O–H groups in total. The molecule has 1 aliphatic rings. The Morgan fingerprint density at radius 1 is 1.14 bits per heavy atom. The van der Waals surface area contributed by atoms with Crippen LogP contribution in [0.3, 0.4) is 0 Å². The Morgan fingerprint density at radius 3 is 2.41 bits per heavy atom. The molecule has 3 atom stereocenters. The number of ether oxygens (including phenoxy) is 1. The highest BCUT2D eigenvalue weighted by Gasteiger charge is 2.43. The lowest BCUT2D eigenvalue weighted by Gasteiger charge is -2.43. The summed E-state index contributed by atoms with van der Waals surface area (Å²) in [7, 11) is 0.0910. The fourth-order valence-corrected chi connectivity index (χ4v) is 5.19. The highest BCUT2D eigenvalue weighted by atomic mass is 28.4. The van der Waals surface area contributed by atoms with Crippen molar-refractivity contribution in [3.05, 3.63) is 53.9 Å². The molecule has 1 aromatic carbocycles. The molecule has 2 aromatic rings. The number of nitrogens with zero attached hydrogens (tertiary/aromatic N) is 2. The van der Waals surface area contributed by atoms with Gasteiger partial charge in [0.15, 0.2) is 8.32 Å². The van der Waals surface area contributed by atoms with Crippen molar-refractivity contribution >= 4 is 14.3 Å². The second-order valence-electron chi connectivity index (χ2n) is 9.61. The highest BCUT2D eigenvalue weighted by molar-refractivity contribution is 6.74. The van der Waals surface area contributed by atoms with E-state index < -0.39 is 8.32 Å². The Morgan fingerprint density at radius 2 is 1.83 bits per heavy atom. The first-order chi connectivity index (χ1) is 13.6. The van der Waals surface area contributed by atoms with Crippen molar-refractivity contribution in [2.75, 3.05) is 0 Å². The summed E-state index contributed by atoms with van der Waals surface area (Å²) < 4.78 is 14.6. The minimum absolute atomic E-state index is 0.0821. The number of hydrogen-bond donors (Lipinski definition) is 0. The molecule has 5 nitrogen and oxygen atoms in total. The van der Waals surface area contributed by atoms with Gasteiger partial charge in [0.05, 0.1) is 5.56 Å². The van der Waals surface area contributed by atoms with E-state index in [2.05, 4.69) is 39.0 Å². The predicted octanol–water partition coefficient (Wildman–Crippen LogP) is 5.30. The number of benzene rings is 1. The first-order valence-electron chi connectivity index (χ1n) is 10.5. The van der Waals surface area contributed by atoms with Crippen molar-refractivity contribution in [3.63, 3.8) is 0 Å². The third-order valence-electron chi connectivity index (χ3n) is 6.51. The molecular formula is C23H34N2O3Si. The maximum absolute atomic E-state index is 12.7. The monoisotopic (exact) mass is 414 g/mol. The molecule has 6 heteroatoms. The molecule has 0 aliphatic heterocycles. The lowest BCUT2D eigenvalue weighted by Crippen LogP contribution is -2.46. The van der Waals surface area contributed by atoms with E-state index in [0.717, 1.165) is 25.0 Å². The largest absolute Gasteiger partial charge is 0.458 e. The molecule has 0 radical (unpaired) electrons. The van der Waals surface area contributed by atoms with Crippen LogP contribution in [0.5, 0.6) is 0 Å². The SMILES string of the molecule is Cn1nccc1C1CC(O[Si](C)(C)C(C)(C)C)CCC1OC(=O)c1ccccc1. The molecule has 3 unspecified atom stereocenters. The van der Waals surface area contributed by atoms with Gasteiger partial charge in [-0.2, -0.15) is 5.10 Å².